The molecule has 0 fully saturated rings. The van der Waals surface area contributed by atoms with E-state index in [2.05, 4.69) is 5.16 Å². The van der Waals surface area contributed by atoms with Gasteiger partial charge in [0.1, 0.15) is 11.6 Å². The number of amidine groups is 1. The highest BCUT2D eigenvalue weighted by Crippen LogP contribution is 2.28. The Morgan fingerprint density at radius 3 is 2.81 bits per heavy atom. The molecule has 16 heavy (non-hydrogen) atoms. The molecule has 1 rings (SSSR count). The Kier molecular flexibility index (Phi) is 4.29. The lowest BCUT2D eigenvalue weighted by Gasteiger charge is -2.22. The second kappa shape index (κ2) is 5.30. The normalized spacial score (nSPS) is 13.1. The molecule has 1 aromatic heterocycles. The first kappa shape index (κ1) is 13.0. The molecule has 0 aliphatic carbocycles. The lowest BCUT2D eigenvalue weighted by atomic mass is 9.89. The zero-order valence-corrected chi connectivity index (χ0v) is 10.7. The Hall–Kier alpha value is -1.10. The molecule has 3 N–H and O–H groups in total. The van der Waals surface area contributed by atoms with Crippen LogP contribution >= 0.6 is 11.8 Å². The third-order valence-corrected chi connectivity index (χ3v) is 3.74. The lowest BCUT2D eigenvalue weighted by Crippen LogP contribution is -2.32. The van der Waals surface area contributed by atoms with Crippen molar-refractivity contribution in [3.05, 3.63) is 18.1 Å². The van der Waals surface area contributed by atoms with Crippen LogP contribution in [0, 0.1) is 12.3 Å². The highest BCUT2D eigenvalue weighted by Gasteiger charge is 2.23. The van der Waals surface area contributed by atoms with Crippen LogP contribution in [-0.2, 0) is 0 Å². The second-order valence-corrected chi connectivity index (χ2v) is 5.45. The predicted octanol–water partition coefficient (Wildman–Crippen LogP) is 2.84. The summed E-state index contributed by atoms with van der Waals surface area (Å²) >= 11 is 1.72. The van der Waals surface area contributed by atoms with Gasteiger partial charge in [0.2, 0.25) is 0 Å². The van der Waals surface area contributed by atoms with Crippen LogP contribution in [0.4, 0.5) is 0 Å². The van der Waals surface area contributed by atoms with Crippen molar-refractivity contribution in [1.82, 2.24) is 0 Å². The molecule has 1 aromatic rings. The number of aryl methyl sites for hydroxylation is 1. The van der Waals surface area contributed by atoms with Gasteiger partial charge in [0.05, 0.1) is 6.26 Å². The first-order valence-corrected chi connectivity index (χ1v) is 6.11. The Balaban J connectivity index is 2.44. The standard InChI is InChI=1S/C11H18N2O2S/c1-8-9(4-6-15-8)16-7-5-11(2,3)10(12)13-14/h4,6,14H,5,7H2,1-3H3,(H2,12,13). The maximum Gasteiger partial charge on any atom is 0.144 e. The van der Waals surface area contributed by atoms with Crippen LogP contribution in [0.1, 0.15) is 26.0 Å². The average molecular weight is 242 g/mol. The molecule has 0 spiro atoms. The highest BCUT2D eigenvalue weighted by molar-refractivity contribution is 7.99. The van der Waals surface area contributed by atoms with Gasteiger partial charge in [0, 0.05) is 10.3 Å². The third kappa shape index (κ3) is 3.20. The van der Waals surface area contributed by atoms with E-state index in [1.165, 1.54) is 0 Å². The summed E-state index contributed by atoms with van der Waals surface area (Å²) in [6.45, 7) is 5.87. The molecule has 0 bridgehead atoms. The number of nitrogens with two attached hydrogens (primary N) is 1. The van der Waals surface area contributed by atoms with Crippen molar-refractivity contribution in [3.63, 3.8) is 0 Å². The monoisotopic (exact) mass is 242 g/mol. The molecule has 0 amide bonds. The summed E-state index contributed by atoms with van der Waals surface area (Å²) in [5, 5.41) is 11.7. The number of nitrogens with zero attached hydrogens (tertiary/aromatic N) is 1. The summed E-state index contributed by atoms with van der Waals surface area (Å²) in [4.78, 5) is 1.15. The van der Waals surface area contributed by atoms with Gasteiger partial charge >= 0.3 is 0 Å². The summed E-state index contributed by atoms with van der Waals surface area (Å²) in [6.07, 6.45) is 2.53. The van der Waals surface area contributed by atoms with Crippen molar-refractivity contribution in [3.8, 4) is 0 Å². The molecule has 0 atom stereocenters. The third-order valence-electron chi connectivity index (χ3n) is 2.60. The van der Waals surface area contributed by atoms with E-state index in [4.69, 9.17) is 15.4 Å². The Morgan fingerprint density at radius 1 is 1.62 bits per heavy atom. The molecule has 5 heteroatoms. The van der Waals surface area contributed by atoms with Gasteiger partial charge in [-0.15, -0.1) is 11.8 Å². The summed E-state index contributed by atoms with van der Waals surface area (Å²) in [5.74, 6) is 2.12. The molecule has 4 nitrogen and oxygen atoms in total. The molecule has 0 aliphatic rings. The average Bonchev–Trinajstić information content (AvgIpc) is 2.63. The molecular formula is C11H18N2O2S. The minimum Gasteiger partial charge on any atom is -0.468 e. The highest BCUT2D eigenvalue weighted by atomic mass is 32.2. The van der Waals surface area contributed by atoms with Crippen LogP contribution in [0.15, 0.2) is 26.8 Å². The summed E-state index contributed by atoms with van der Waals surface area (Å²) in [5.41, 5.74) is 5.33. The molecular weight excluding hydrogens is 224 g/mol. The molecule has 0 aliphatic heterocycles. The van der Waals surface area contributed by atoms with Gasteiger partial charge in [0.25, 0.3) is 0 Å². The number of rotatable bonds is 5. The summed E-state index contributed by atoms with van der Waals surface area (Å²) in [6, 6.07) is 1.95. The lowest BCUT2D eigenvalue weighted by molar-refractivity contribution is 0.307. The number of thioether (sulfide) groups is 1. The Labute approximate surface area is 99.9 Å². The van der Waals surface area contributed by atoms with E-state index in [0.717, 1.165) is 22.8 Å². The van der Waals surface area contributed by atoms with Crippen molar-refractivity contribution in [2.45, 2.75) is 32.1 Å². The van der Waals surface area contributed by atoms with E-state index in [0.29, 0.717) is 0 Å². The first-order valence-electron chi connectivity index (χ1n) is 5.12. The van der Waals surface area contributed by atoms with E-state index in [1.807, 2.05) is 26.8 Å². The SMILES string of the molecule is Cc1occc1SCCC(C)(C)/C(N)=N/O. The van der Waals surface area contributed by atoms with Gasteiger partial charge in [-0.05, 0) is 25.2 Å². The zero-order chi connectivity index (χ0) is 12.2. The van der Waals surface area contributed by atoms with Gasteiger partial charge in [-0.1, -0.05) is 19.0 Å². The van der Waals surface area contributed by atoms with Gasteiger partial charge in [-0.2, -0.15) is 0 Å². The first-order chi connectivity index (χ1) is 7.47. The molecule has 0 aromatic carbocycles. The minimum absolute atomic E-state index is 0.275. The fraction of sp³-hybridized carbons (Fsp3) is 0.545. The molecule has 0 saturated carbocycles. The van der Waals surface area contributed by atoms with Crippen molar-refractivity contribution in [1.29, 1.82) is 0 Å². The van der Waals surface area contributed by atoms with Gasteiger partial charge in [0.15, 0.2) is 0 Å². The fourth-order valence-electron chi connectivity index (χ4n) is 1.20. The van der Waals surface area contributed by atoms with Crippen LogP contribution in [0.5, 0.6) is 0 Å². The molecule has 0 saturated heterocycles. The predicted molar refractivity (Wildman–Crippen MR) is 66.0 cm³/mol. The van der Waals surface area contributed by atoms with E-state index in [-0.39, 0.29) is 11.3 Å². The van der Waals surface area contributed by atoms with Gasteiger partial charge in [-0.25, -0.2) is 0 Å². The molecule has 1 heterocycles. The summed E-state index contributed by atoms with van der Waals surface area (Å²) in [7, 11) is 0. The van der Waals surface area contributed by atoms with E-state index >= 15 is 0 Å². The maximum absolute atomic E-state index is 8.64. The topological polar surface area (TPSA) is 71.8 Å². The van der Waals surface area contributed by atoms with Crippen molar-refractivity contribution in [2.24, 2.45) is 16.3 Å². The van der Waals surface area contributed by atoms with E-state index in [1.54, 1.807) is 18.0 Å². The quantitative estimate of drug-likeness (QED) is 0.274. The number of oxime groups is 1. The summed E-state index contributed by atoms with van der Waals surface area (Å²) < 4.78 is 5.21. The minimum atomic E-state index is -0.278. The number of furan rings is 1. The molecule has 0 radical (unpaired) electrons. The molecule has 0 unspecified atom stereocenters. The van der Waals surface area contributed by atoms with Gasteiger partial charge in [-0.3, -0.25) is 0 Å². The van der Waals surface area contributed by atoms with E-state index in [9.17, 15) is 0 Å². The van der Waals surface area contributed by atoms with Gasteiger partial charge < -0.3 is 15.4 Å². The zero-order valence-electron chi connectivity index (χ0n) is 9.86. The van der Waals surface area contributed by atoms with Crippen LogP contribution in [0.2, 0.25) is 0 Å². The van der Waals surface area contributed by atoms with Crippen molar-refractivity contribution < 1.29 is 9.62 Å². The van der Waals surface area contributed by atoms with Crippen molar-refractivity contribution >= 4 is 17.6 Å². The van der Waals surface area contributed by atoms with Crippen molar-refractivity contribution in [2.75, 3.05) is 5.75 Å². The Morgan fingerprint density at radius 2 is 2.31 bits per heavy atom. The molecule has 90 valence electrons. The van der Waals surface area contributed by atoms with Crippen LogP contribution < -0.4 is 5.73 Å². The second-order valence-electron chi connectivity index (χ2n) is 4.31. The van der Waals surface area contributed by atoms with Crippen LogP contribution in [0.25, 0.3) is 0 Å². The smallest absolute Gasteiger partial charge is 0.144 e. The van der Waals surface area contributed by atoms with Crippen LogP contribution in [-0.4, -0.2) is 16.8 Å². The number of hydrogen-bond donors (Lipinski definition) is 2. The van der Waals surface area contributed by atoms with Crippen LogP contribution in [0.3, 0.4) is 0 Å². The Bertz CT molecular complexity index is 372. The van der Waals surface area contributed by atoms with E-state index < -0.39 is 0 Å². The largest absolute Gasteiger partial charge is 0.468 e. The fourth-order valence-corrected chi connectivity index (χ4v) is 2.44. The maximum atomic E-state index is 8.64. The number of hydrogen-bond acceptors (Lipinski definition) is 4.